The number of carbonyl (C=O) groups is 1. The summed E-state index contributed by atoms with van der Waals surface area (Å²) in [5.41, 5.74) is 2.93. The van der Waals surface area contributed by atoms with E-state index >= 15 is 0 Å². The van der Waals surface area contributed by atoms with Crippen LogP contribution in [-0.2, 0) is 13.1 Å². The average molecular weight is 351 g/mol. The third-order valence-electron chi connectivity index (χ3n) is 4.01. The molecule has 0 saturated carbocycles. The molecule has 2 N–H and O–H groups in total. The second kappa shape index (κ2) is 7.15. The Labute approximate surface area is 153 Å². The quantitative estimate of drug-likeness (QED) is 0.737. The van der Waals surface area contributed by atoms with Crippen molar-refractivity contribution in [3.05, 3.63) is 53.9 Å². The number of anilines is 1. The predicted molar refractivity (Wildman–Crippen MR) is 104 cm³/mol. The molecule has 2 heterocycles. The van der Waals surface area contributed by atoms with E-state index in [0.717, 1.165) is 28.8 Å². The van der Waals surface area contributed by atoms with Crippen molar-refractivity contribution in [3.8, 4) is 0 Å². The van der Waals surface area contributed by atoms with Gasteiger partial charge in [-0.3, -0.25) is 4.79 Å². The van der Waals surface area contributed by atoms with E-state index < -0.39 is 0 Å². The Morgan fingerprint density at radius 2 is 1.88 bits per heavy atom. The summed E-state index contributed by atoms with van der Waals surface area (Å²) in [5, 5.41) is 11.7. The maximum Gasteiger partial charge on any atom is 0.255 e. The van der Waals surface area contributed by atoms with Crippen LogP contribution in [0.5, 0.6) is 0 Å². The second-order valence-corrected chi connectivity index (χ2v) is 7.29. The van der Waals surface area contributed by atoms with Gasteiger partial charge in [0.25, 0.3) is 5.91 Å². The molecule has 0 aliphatic carbocycles. The fourth-order valence-electron chi connectivity index (χ4n) is 2.81. The normalized spacial score (nSPS) is 11.5. The average Bonchev–Trinajstić information content (AvgIpc) is 3.03. The van der Waals surface area contributed by atoms with Crippen LogP contribution >= 0.6 is 0 Å². The summed E-state index contributed by atoms with van der Waals surface area (Å²) in [4.78, 5) is 17.3. The van der Waals surface area contributed by atoms with Crippen molar-refractivity contribution >= 4 is 22.6 Å². The van der Waals surface area contributed by atoms with Crippen molar-refractivity contribution in [1.29, 1.82) is 0 Å². The van der Waals surface area contributed by atoms with Crippen molar-refractivity contribution < 1.29 is 4.79 Å². The Morgan fingerprint density at radius 3 is 2.54 bits per heavy atom. The van der Waals surface area contributed by atoms with Gasteiger partial charge in [0.2, 0.25) is 0 Å². The number of hydrogen-bond donors (Lipinski definition) is 2. The molecular formula is C20H25N5O. The van der Waals surface area contributed by atoms with Gasteiger partial charge in [-0.1, -0.05) is 30.3 Å². The van der Waals surface area contributed by atoms with Crippen LogP contribution in [0.2, 0.25) is 0 Å². The predicted octanol–water partition coefficient (Wildman–Crippen LogP) is 3.59. The van der Waals surface area contributed by atoms with Crippen LogP contribution in [-0.4, -0.2) is 26.2 Å². The van der Waals surface area contributed by atoms with Crippen LogP contribution in [0.25, 0.3) is 11.0 Å². The number of nitrogens with zero attached hydrogens (tertiary/aromatic N) is 3. The minimum atomic E-state index is -0.197. The van der Waals surface area contributed by atoms with E-state index in [9.17, 15) is 4.79 Å². The molecule has 0 fully saturated rings. The standard InChI is InChI=1S/C20H25N5O/c1-5-25-18-15(13-23-25)17(24-20(2,3)4)16(12-21-18)19(26)22-11-14-9-7-6-8-10-14/h6-10,12-13H,5,11H2,1-4H3,(H,21,24)(H,22,26). The number of aromatic nitrogens is 3. The Bertz CT molecular complexity index is 909. The first-order valence-electron chi connectivity index (χ1n) is 8.84. The molecule has 1 aromatic carbocycles. The van der Waals surface area contributed by atoms with E-state index in [-0.39, 0.29) is 11.4 Å². The smallest absolute Gasteiger partial charge is 0.255 e. The molecule has 3 rings (SSSR count). The van der Waals surface area contributed by atoms with Gasteiger partial charge < -0.3 is 10.6 Å². The maximum absolute atomic E-state index is 12.8. The van der Waals surface area contributed by atoms with Crippen LogP contribution in [0.3, 0.4) is 0 Å². The molecule has 0 aliphatic heterocycles. The lowest BCUT2D eigenvalue weighted by Gasteiger charge is -2.24. The molecule has 6 nitrogen and oxygen atoms in total. The molecule has 0 bridgehead atoms. The fraction of sp³-hybridized carbons (Fsp3) is 0.350. The molecule has 0 saturated heterocycles. The minimum absolute atomic E-state index is 0.153. The van der Waals surface area contributed by atoms with E-state index in [1.165, 1.54) is 0 Å². The summed E-state index contributed by atoms with van der Waals surface area (Å²) in [7, 11) is 0. The lowest BCUT2D eigenvalue weighted by atomic mass is 10.1. The third kappa shape index (κ3) is 3.85. The summed E-state index contributed by atoms with van der Waals surface area (Å²) >= 11 is 0. The van der Waals surface area contributed by atoms with E-state index in [4.69, 9.17) is 0 Å². The van der Waals surface area contributed by atoms with Gasteiger partial charge >= 0.3 is 0 Å². The highest BCUT2D eigenvalue weighted by Crippen LogP contribution is 2.28. The topological polar surface area (TPSA) is 71.8 Å². The first kappa shape index (κ1) is 17.9. The number of fused-ring (bicyclic) bond motifs is 1. The number of hydrogen-bond acceptors (Lipinski definition) is 4. The first-order chi connectivity index (χ1) is 12.4. The number of carbonyl (C=O) groups excluding carboxylic acids is 1. The molecule has 6 heteroatoms. The van der Waals surface area contributed by atoms with E-state index in [1.807, 2.05) is 41.9 Å². The summed E-state index contributed by atoms with van der Waals surface area (Å²) in [6.45, 7) is 9.41. The fourth-order valence-corrected chi connectivity index (χ4v) is 2.81. The molecule has 0 aliphatic rings. The summed E-state index contributed by atoms with van der Waals surface area (Å²) < 4.78 is 1.83. The van der Waals surface area contributed by atoms with Crippen molar-refractivity contribution in [2.75, 3.05) is 5.32 Å². The number of aryl methyl sites for hydroxylation is 1. The Balaban J connectivity index is 1.95. The van der Waals surface area contributed by atoms with Crippen molar-refractivity contribution in [1.82, 2.24) is 20.1 Å². The van der Waals surface area contributed by atoms with Gasteiger partial charge in [-0.05, 0) is 33.3 Å². The zero-order chi connectivity index (χ0) is 18.7. The van der Waals surface area contributed by atoms with Crippen LogP contribution in [0.4, 0.5) is 5.69 Å². The van der Waals surface area contributed by atoms with E-state index in [2.05, 4.69) is 41.5 Å². The molecule has 0 radical (unpaired) electrons. The van der Waals surface area contributed by atoms with E-state index in [1.54, 1.807) is 12.4 Å². The summed E-state index contributed by atoms with van der Waals surface area (Å²) in [6.07, 6.45) is 3.40. The molecule has 0 spiro atoms. The number of benzene rings is 1. The highest BCUT2D eigenvalue weighted by molar-refractivity contribution is 6.06. The lowest BCUT2D eigenvalue weighted by molar-refractivity contribution is 0.0951. The monoisotopic (exact) mass is 351 g/mol. The van der Waals surface area contributed by atoms with Crippen molar-refractivity contribution in [3.63, 3.8) is 0 Å². The van der Waals surface area contributed by atoms with Crippen LogP contribution in [0.1, 0.15) is 43.6 Å². The molecule has 1 amide bonds. The SMILES string of the molecule is CCn1ncc2c(NC(C)(C)C)c(C(=O)NCc3ccccc3)cnc21. The van der Waals surface area contributed by atoms with Gasteiger partial charge in [-0.15, -0.1) is 0 Å². The van der Waals surface area contributed by atoms with Crippen LogP contribution < -0.4 is 10.6 Å². The number of pyridine rings is 1. The van der Waals surface area contributed by atoms with Gasteiger partial charge in [0.05, 0.1) is 22.8 Å². The minimum Gasteiger partial charge on any atom is -0.379 e. The lowest BCUT2D eigenvalue weighted by Crippen LogP contribution is -2.30. The number of rotatable bonds is 5. The molecule has 0 atom stereocenters. The second-order valence-electron chi connectivity index (χ2n) is 7.29. The largest absolute Gasteiger partial charge is 0.379 e. The number of nitrogens with one attached hydrogen (secondary N) is 2. The first-order valence-corrected chi connectivity index (χ1v) is 8.84. The van der Waals surface area contributed by atoms with Gasteiger partial charge in [0, 0.05) is 24.8 Å². The summed E-state index contributed by atoms with van der Waals surface area (Å²) in [5.74, 6) is -0.153. The zero-order valence-corrected chi connectivity index (χ0v) is 15.7. The highest BCUT2D eigenvalue weighted by atomic mass is 16.1. The van der Waals surface area contributed by atoms with Crippen LogP contribution in [0.15, 0.2) is 42.7 Å². The molecule has 0 unspecified atom stereocenters. The molecule has 136 valence electrons. The van der Waals surface area contributed by atoms with Crippen LogP contribution in [0, 0.1) is 0 Å². The van der Waals surface area contributed by atoms with Crippen molar-refractivity contribution in [2.24, 2.45) is 0 Å². The van der Waals surface area contributed by atoms with Gasteiger partial charge in [0.15, 0.2) is 5.65 Å². The Kier molecular flexibility index (Phi) is 4.93. The maximum atomic E-state index is 12.8. The molecule has 3 aromatic rings. The number of amides is 1. The third-order valence-corrected chi connectivity index (χ3v) is 4.01. The highest BCUT2D eigenvalue weighted by Gasteiger charge is 2.21. The molecular weight excluding hydrogens is 326 g/mol. The molecule has 2 aromatic heterocycles. The zero-order valence-electron chi connectivity index (χ0n) is 15.7. The van der Waals surface area contributed by atoms with Gasteiger partial charge in [-0.25, -0.2) is 9.67 Å². The van der Waals surface area contributed by atoms with E-state index in [0.29, 0.717) is 12.1 Å². The Hall–Kier alpha value is -2.89. The van der Waals surface area contributed by atoms with Gasteiger partial charge in [0.1, 0.15) is 0 Å². The summed E-state index contributed by atoms with van der Waals surface area (Å²) in [6, 6.07) is 9.85. The van der Waals surface area contributed by atoms with Gasteiger partial charge in [-0.2, -0.15) is 5.10 Å². The van der Waals surface area contributed by atoms with Crippen molar-refractivity contribution in [2.45, 2.75) is 46.3 Å². The molecule has 26 heavy (non-hydrogen) atoms. The Morgan fingerprint density at radius 1 is 1.15 bits per heavy atom.